The van der Waals surface area contributed by atoms with E-state index in [9.17, 15) is 0 Å². The summed E-state index contributed by atoms with van der Waals surface area (Å²) in [5.74, 6) is 2.77. The second-order valence-corrected chi connectivity index (χ2v) is 4.97. The summed E-state index contributed by atoms with van der Waals surface area (Å²) < 4.78 is 5.41. The highest BCUT2D eigenvalue weighted by molar-refractivity contribution is 4.79. The highest BCUT2D eigenvalue weighted by atomic mass is 16.5. The number of nitrogens with two attached hydrogens (primary N) is 1. The van der Waals surface area contributed by atoms with Crippen LogP contribution in [-0.4, -0.2) is 19.8 Å². The summed E-state index contributed by atoms with van der Waals surface area (Å²) in [7, 11) is 0. The van der Waals surface area contributed by atoms with Crippen LogP contribution in [-0.2, 0) is 4.74 Å². The lowest BCUT2D eigenvalue weighted by atomic mass is 9.73. The van der Waals surface area contributed by atoms with Gasteiger partial charge in [0.15, 0.2) is 0 Å². The molecule has 2 fully saturated rings. The van der Waals surface area contributed by atoms with Crippen molar-refractivity contribution in [3.8, 4) is 0 Å². The van der Waals surface area contributed by atoms with E-state index in [2.05, 4.69) is 0 Å². The number of hydrogen-bond acceptors (Lipinski definition) is 2. The summed E-state index contributed by atoms with van der Waals surface area (Å²) in [5, 5.41) is 0. The second-order valence-electron chi connectivity index (χ2n) is 4.97. The maximum Gasteiger partial charge on any atom is 0.0468 e. The van der Waals surface area contributed by atoms with E-state index in [1.54, 1.807) is 0 Å². The van der Waals surface area contributed by atoms with Crippen LogP contribution in [0.3, 0.4) is 0 Å². The first-order valence-electron chi connectivity index (χ1n) is 6.18. The molecule has 0 unspecified atom stereocenters. The first-order valence-corrected chi connectivity index (χ1v) is 6.18. The Balaban J connectivity index is 1.76. The van der Waals surface area contributed by atoms with E-state index in [1.807, 2.05) is 0 Å². The third-order valence-corrected chi connectivity index (χ3v) is 4.16. The summed E-state index contributed by atoms with van der Waals surface area (Å²) >= 11 is 0. The van der Waals surface area contributed by atoms with Gasteiger partial charge in [0.25, 0.3) is 0 Å². The summed E-state index contributed by atoms with van der Waals surface area (Å²) in [6, 6.07) is 0. The Hall–Kier alpha value is -0.0800. The van der Waals surface area contributed by atoms with Gasteiger partial charge in [0, 0.05) is 13.2 Å². The standard InChI is InChI=1S/C12H23NO/c13-9-10-1-3-11(4-2-10)12-5-7-14-8-6-12/h10-12H,1-9,13H2. The molecule has 0 spiro atoms. The molecule has 2 N–H and O–H groups in total. The smallest absolute Gasteiger partial charge is 0.0468 e. The van der Waals surface area contributed by atoms with Gasteiger partial charge in [-0.05, 0) is 62.8 Å². The zero-order valence-electron chi connectivity index (χ0n) is 9.08. The summed E-state index contributed by atoms with van der Waals surface area (Å²) in [5.41, 5.74) is 5.71. The normalized spacial score (nSPS) is 35.8. The molecule has 1 heterocycles. The maximum atomic E-state index is 5.71. The van der Waals surface area contributed by atoms with Crippen LogP contribution in [0, 0.1) is 17.8 Å². The zero-order chi connectivity index (χ0) is 9.80. The Morgan fingerprint density at radius 3 is 2.00 bits per heavy atom. The van der Waals surface area contributed by atoms with E-state index in [-0.39, 0.29) is 0 Å². The molecule has 2 rings (SSSR count). The van der Waals surface area contributed by atoms with Crippen molar-refractivity contribution in [3.63, 3.8) is 0 Å². The Morgan fingerprint density at radius 2 is 1.43 bits per heavy atom. The summed E-state index contributed by atoms with van der Waals surface area (Å²) in [4.78, 5) is 0. The van der Waals surface area contributed by atoms with Gasteiger partial charge in [0.1, 0.15) is 0 Å². The lowest BCUT2D eigenvalue weighted by Crippen LogP contribution is -2.28. The van der Waals surface area contributed by atoms with Gasteiger partial charge in [-0.2, -0.15) is 0 Å². The van der Waals surface area contributed by atoms with Crippen molar-refractivity contribution in [3.05, 3.63) is 0 Å². The van der Waals surface area contributed by atoms with Crippen LogP contribution in [0.25, 0.3) is 0 Å². The quantitative estimate of drug-likeness (QED) is 0.736. The highest BCUT2D eigenvalue weighted by Gasteiger charge is 2.28. The van der Waals surface area contributed by atoms with Crippen LogP contribution in [0.15, 0.2) is 0 Å². The van der Waals surface area contributed by atoms with Gasteiger partial charge in [0.2, 0.25) is 0 Å². The van der Waals surface area contributed by atoms with Crippen LogP contribution in [0.5, 0.6) is 0 Å². The van der Waals surface area contributed by atoms with Gasteiger partial charge in [-0.25, -0.2) is 0 Å². The van der Waals surface area contributed by atoms with E-state index in [0.29, 0.717) is 0 Å². The van der Waals surface area contributed by atoms with Crippen molar-refractivity contribution >= 4 is 0 Å². The van der Waals surface area contributed by atoms with Crippen molar-refractivity contribution in [2.24, 2.45) is 23.5 Å². The van der Waals surface area contributed by atoms with E-state index in [0.717, 1.165) is 37.5 Å². The fourth-order valence-corrected chi connectivity index (χ4v) is 3.08. The maximum absolute atomic E-state index is 5.71. The Labute approximate surface area is 87.2 Å². The average Bonchev–Trinajstić information content (AvgIpc) is 2.30. The van der Waals surface area contributed by atoms with E-state index < -0.39 is 0 Å². The van der Waals surface area contributed by atoms with E-state index in [1.165, 1.54) is 38.5 Å². The molecule has 0 aromatic carbocycles. The predicted octanol–water partition coefficient (Wildman–Crippen LogP) is 2.18. The second kappa shape index (κ2) is 5.13. The Bertz CT molecular complexity index is 158. The predicted molar refractivity (Wildman–Crippen MR) is 58.0 cm³/mol. The molecular formula is C12H23NO. The SMILES string of the molecule is NCC1CCC(C2CCOCC2)CC1. The van der Waals surface area contributed by atoms with Gasteiger partial charge in [0.05, 0.1) is 0 Å². The van der Waals surface area contributed by atoms with Crippen LogP contribution < -0.4 is 5.73 Å². The minimum atomic E-state index is 0.825. The third-order valence-electron chi connectivity index (χ3n) is 4.16. The van der Waals surface area contributed by atoms with Gasteiger partial charge in [-0.15, -0.1) is 0 Å². The monoisotopic (exact) mass is 197 g/mol. The molecule has 1 saturated heterocycles. The molecule has 1 aliphatic heterocycles. The number of hydrogen-bond donors (Lipinski definition) is 1. The van der Waals surface area contributed by atoms with Crippen molar-refractivity contribution < 1.29 is 4.74 Å². The number of rotatable bonds is 2. The molecule has 2 nitrogen and oxygen atoms in total. The summed E-state index contributed by atoms with van der Waals surface area (Å²) in [6.45, 7) is 2.91. The molecule has 1 saturated carbocycles. The molecule has 2 aliphatic rings. The molecule has 0 amide bonds. The van der Waals surface area contributed by atoms with Gasteiger partial charge in [-0.3, -0.25) is 0 Å². The molecule has 0 radical (unpaired) electrons. The molecule has 0 bridgehead atoms. The van der Waals surface area contributed by atoms with Gasteiger partial charge >= 0.3 is 0 Å². The first kappa shape index (κ1) is 10.4. The highest BCUT2D eigenvalue weighted by Crippen LogP contribution is 2.36. The Kier molecular flexibility index (Phi) is 3.82. The van der Waals surface area contributed by atoms with Crippen molar-refractivity contribution in [1.29, 1.82) is 0 Å². The molecular weight excluding hydrogens is 174 g/mol. The average molecular weight is 197 g/mol. The lowest BCUT2D eigenvalue weighted by Gasteiger charge is -2.35. The fourth-order valence-electron chi connectivity index (χ4n) is 3.08. The molecule has 1 aliphatic carbocycles. The lowest BCUT2D eigenvalue weighted by molar-refractivity contribution is 0.0357. The van der Waals surface area contributed by atoms with Crippen LogP contribution in [0.4, 0.5) is 0 Å². The van der Waals surface area contributed by atoms with Gasteiger partial charge < -0.3 is 10.5 Å². The van der Waals surface area contributed by atoms with Crippen LogP contribution >= 0.6 is 0 Å². The topological polar surface area (TPSA) is 35.2 Å². The molecule has 0 atom stereocenters. The third kappa shape index (κ3) is 2.48. The van der Waals surface area contributed by atoms with Crippen molar-refractivity contribution in [2.45, 2.75) is 38.5 Å². The fraction of sp³-hybridized carbons (Fsp3) is 1.00. The zero-order valence-corrected chi connectivity index (χ0v) is 9.08. The van der Waals surface area contributed by atoms with Crippen LogP contribution in [0.2, 0.25) is 0 Å². The Morgan fingerprint density at radius 1 is 0.857 bits per heavy atom. The van der Waals surface area contributed by atoms with Crippen molar-refractivity contribution in [2.75, 3.05) is 19.8 Å². The van der Waals surface area contributed by atoms with E-state index >= 15 is 0 Å². The largest absolute Gasteiger partial charge is 0.381 e. The first-order chi connectivity index (χ1) is 6.90. The van der Waals surface area contributed by atoms with Gasteiger partial charge in [-0.1, -0.05) is 0 Å². The van der Waals surface area contributed by atoms with Crippen LogP contribution in [0.1, 0.15) is 38.5 Å². The molecule has 0 aromatic heterocycles. The minimum Gasteiger partial charge on any atom is -0.381 e. The molecule has 2 heteroatoms. The number of ether oxygens (including phenoxy) is 1. The summed E-state index contributed by atoms with van der Waals surface area (Å²) in [6.07, 6.45) is 8.20. The minimum absolute atomic E-state index is 0.825. The van der Waals surface area contributed by atoms with E-state index in [4.69, 9.17) is 10.5 Å². The van der Waals surface area contributed by atoms with Crippen molar-refractivity contribution in [1.82, 2.24) is 0 Å². The molecule has 82 valence electrons. The molecule has 0 aromatic rings. The molecule has 14 heavy (non-hydrogen) atoms.